The highest BCUT2D eigenvalue weighted by Gasteiger charge is 2.19. The topological polar surface area (TPSA) is 133 Å². The number of sulfonamides is 1. The zero-order valence-electron chi connectivity index (χ0n) is 18.9. The number of hydrogen-bond acceptors (Lipinski definition) is 7. The Kier molecular flexibility index (Phi) is 7.63. The van der Waals surface area contributed by atoms with Crippen molar-refractivity contribution in [3.63, 3.8) is 0 Å². The number of anilines is 1. The lowest BCUT2D eigenvalue weighted by Gasteiger charge is -2.11. The van der Waals surface area contributed by atoms with Gasteiger partial charge >= 0.3 is 0 Å². The van der Waals surface area contributed by atoms with Crippen molar-refractivity contribution in [2.75, 3.05) is 32.5 Å². The first kappa shape index (κ1) is 24.2. The molecule has 1 amide bonds. The van der Waals surface area contributed by atoms with E-state index in [0.717, 1.165) is 11.3 Å². The fraction of sp³-hybridized carbons (Fsp3) is 0.364. The molecule has 0 aliphatic heterocycles. The van der Waals surface area contributed by atoms with Gasteiger partial charge in [0.05, 0.1) is 21.5 Å². The maximum absolute atomic E-state index is 12.4. The van der Waals surface area contributed by atoms with Gasteiger partial charge in [0.15, 0.2) is 0 Å². The van der Waals surface area contributed by atoms with Crippen molar-refractivity contribution in [1.29, 1.82) is 5.26 Å². The van der Waals surface area contributed by atoms with Crippen LogP contribution in [0.5, 0.6) is 0 Å². The molecule has 11 heteroatoms. The fourth-order valence-electron chi connectivity index (χ4n) is 3.41. The summed E-state index contributed by atoms with van der Waals surface area (Å²) in [7, 11) is -0.573. The van der Waals surface area contributed by atoms with Gasteiger partial charge in [0.25, 0.3) is 0 Å². The Morgan fingerprint density at radius 3 is 2.73 bits per heavy atom. The predicted octanol–water partition coefficient (Wildman–Crippen LogP) is 1.73. The van der Waals surface area contributed by atoms with Crippen LogP contribution in [-0.4, -0.2) is 60.4 Å². The van der Waals surface area contributed by atoms with Crippen LogP contribution in [0.25, 0.3) is 11.0 Å². The lowest BCUT2D eigenvalue weighted by molar-refractivity contribution is -0.121. The number of benzene rings is 1. The van der Waals surface area contributed by atoms with Crippen LogP contribution < -0.4 is 10.6 Å². The summed E-state index contributed by atoms with van der Waals surface area (Å²) in [5.74, 6) is 1.10. The Balaban J connectivity index is 1.60. The highest BCUT2D eigenvalue weighted by atomic mass is 32.2. The number of nitriles is 1. The van der Waals surface area contributed by atoms with Crippen molar-refractivity contribution in [3.05, 3.63) is 47.9 Å². The molecule has 2 aromatic heterocycles. The number of pyridine rings is 1. The molecule has 0 unspecified atom stereocenters. The van der Waals surface area contributed by atoms with E-state index >= 15 is 0 Å². The largest absolute Gasteiger partial charge is 0.367 e. The van der Waals surface area contributed by atoms with Crippen molar-refractivity contribution in [3.8, 4) is 6.07 Å². The molecule has 0 saturated heterocycles. The van der Waals surface area contributed by atoms with Crippen LogP contribution >= 0.6 is 0 Å². The fourth-order valence-corrected chi connectivity index (χ4v) is 4.33. The molecule has 174 valence electrons. The zero-order chi connectivity index (χ0) is 24.0. The van der Waals surface area contributed by atoms with E-state index < -0.39 is 10.0 Å². The number of imidazole rings is 1. The van der Waals surface area contributed by atoms with E-state index in [1.54, 1.807) is 36.5 Å². The summed E-state index contributed by atoms with van der Waals surface area (Å²) in [6.07, 6.45) is 2.27. The highest BCUT2D eigenvalue weighted by Crippen LogP contribution is 2.22. The number of hydrogen-bond donors (Lipinski definition) is 2. The van der Waals surface area contributed by atoms with E-state index in [1.807, 2.05) is 11.5 Å². The molecule has 2 heterocycles. The molecule has 10 nitrogen and oxygen atoms in total. The van der Waals surface area contributed by atoms with E-state index in [1.165, 1.54) is 18.4 Å². The Labute approximate surface area is 193 Å². The molecule has 0 bridgehead atoms. The molecule has 0 aliphatic rings. The average molecular weight is 470 g/mol. The number of nitrogens with zero attached hydrogens (tertiary/aromatic N) is 5. The molecule has 33 heavy (non-hydrogen) atoms. The summed E-state index contributed by atoms with van der Waals surface area (Å²) in [6.45, 7) is 3.46. The third-order valence-corrected chi connectivity index (χ3v) is 6.95. The molecular weight excluding hydrogens is 442 g/mol. The molecule has 1 aromatic carbocycles. The van der Waals surface area contributed by atoms with E-state index in [4.69, 9.17) is 5.26 Å². The van der Waals surface area contributed by atoms with Gasteiger partial charge in [-0.3, -0.25) is 4.79 Å². The molecule has 0 saturated carbocycles. The van der Waals surface area contributed by atoms with Gasteiger partial charge in [0.2, 0.25) is 15.9 Å². The first-order valence-electron chi connectivity index (χ1n) is 10.5. The first-order chi connectivity index (χ1) is 15.8. The molecule has 0 fully saturated rings. The van der Waals surface area contributed by atoms with Gasteiger partial charge in [-0.15, -0.1) is 0 Å². The number of rotatable bonds is 10. The van der Waals surface area contributed by atoms with Crippen LogP contribution in [0.2, 0.25) is 0 Å². The number of aromatic nitrogens is 3. The highest BCUT2D eigenvalue weighted by molar-refractivity contribution is 7.89. The number of fused-ring (bicyclic) bond motifs is 1. The molecule has 3 rings (SSSR count). The SMILES string of the molecule is CCn1c(CCC(=O)NCCNc2ncccc2C#N)nc2cc(S(=O)(=O)N(C)C)ccc21. The second-order valence-electron chi connectivity index (χ2n) is 7.50. The summed E-state index contributed by atoms with van der Waals surface area (Å²) < 4.78 is 28.0. The minimum Gasteiger partial charge on any atom is -0.367 e. The Morgan fingerprint density at radius 1 is 1.24 bits per heavy atom. The van der Waals surface area contributed by atoms with Gasteiger partial charge in [0.1, 0.15) is 17.7 Å². The smallest absolute Gasteiger partial charge is 0.242 e. The van der Waals surface area contributed by atoms with Crippen LogP contribution in [-0.2, 0) is 27.8 Å². The predicted molar refractivity (Wildman–Crippen MR) is 125 cm³/mol. The van der Waals surface area contributed by atoms with E-state index in [0.29, 0.717) is 43.0 Å². The molecule has 0 spiro atoms. The number of carbonyl (C=O) groups is 1. The molecular formula is C22H27N7O3S. The summed E-state index contributed by atoms with van der Waals surface area (Å²) in [6, 6.07) is 10.3. The van der Waals surface area contributed by atoms with Crippen molar-refractivity contribution in [2.24, 2.45) is 0 Å². The normalized spacial score (nSPS) is 11.5. The number of nitrogens with one attached hydrogen (secondary N) is 2. The molecule has 3 aromatic rings. The summed E-state index contributed by atoms with van der Waals surface area (Å²) in [4.78, 5) is 21.2. The monoisotopic (exact) mass is 469 g/mol. The molecule has 2 N–H and O–H groups in total. The number of aryl methyl sites for hydroxylation is 2. The van der Waals surface area contributed by atoms with Gasteiger partial charge in [-0.25, -0.2) is 22.7 Å². The van der Waals surface area contributed by atoms with Crippen LogP contribution in [0.4, 0.5) is 5.82 Å². The summed E-state index contributed by atoms with van der Waals surface area (Å²) in [5.41, 5.74) is 1.87. The van der Waals surface area contributed by atoms with E-state index in [-0.39, 0.29) is 17.2 Å². The van der Waals surface area contributed by atoms with Crippen molar-refractivity contribution in [2.45, 2.75) is 31.2 Å². The van der Waals surface area contributed by atoms with Crippen molar-refractivity contribution < 1.29 is 13.2 Å². The molecule has 0 aliphatic carbocycles. The zero-order valence-corrected chi connectivity index (χ0v) is 19.7. The average Bonchev–Trinajstić information content (AvgIpc) is 3.17. The minimum atomic E-state index is -3.55. The standard InChI is InChI=1S/C22H27N7O3S/c1-4-29-19-8-7-17(33(31,32)28(2)3)14-18(19)27-20(29)9-10-21(30)24-12-13-26-22-16(15-23)6-5-11-25-22/h5-8,11,14H,4,9-10,12-13H2,1-3H3,(H,24,30)(H,25,26). The third kappa shape index (κ3) is 5.47. The second-order valence-corrected chi connectivity index (χ2v) is 9.65. The van der Waals surface area contributed by atoms with E-state index in [2.05, 4.69) is 26.7 Å². The Bertz CT molecular complexity index is 1290. The number of carbonyl (C=O) groups excluding carboxylic acids is 1. The quantitative estimate of drug-likeness (QED) is 0.432. The van der Waals surface area contributed by atoms with Crippen LogP contribution in [0.3, 0.4) is 0 Å². The first-order valence-corrected chi connectivity index (χ1v) is 12.0. The number of amides is 1. The maximum Gasteiger partial charge on any atom is 0.242 e. The third-order valence-electron chi connectivity index (χ3n) is 5.14. The van der Waals surface area contributed by atoms with Gasteiger partial charge in [0, 0.05) is 52.8 Å². The molecule has 0 radical (unpaired) electrons. The van der Waals surface area contributed by atoms with Crippen molar-refractivity contribution >= 4 is 32.8 Å². The second kappa shape index (κ2) is 10.4. The van der Waals surface area contributed by atoms with Gasteiger partial charge in [-0.05, 0) is 37.3 Å². The van der Waals surface area contributed by atoms with E-state index in [9.17, 15) is 13.2 Å². The van der Waals surface area contributed by atoms with Crippen molar-refractivity contribution in [1.82, 2.24) is 24.2 Å². The molecule has 0 atom stereocenters. The Morgan fingerprint density at radius 2 is 2.03 bits per heavy atom. The van der Waals surface area contributed by atoms with Crippen LogP contribution in [0.15, 0.2) is 41.4 Å². The lowest BCUT2D eigenvalue weighted by Crippen LogP contribution is -2.29. The maximum atomic E-state index is 12.4. The lowest BCUT2D eigenvalue weighted by atomic mass is 10.2. The van der Waals surface area contributed by atoms with Crippen LogP contribution in [0.1, 0.15) is 24.7 Å². The summed E-state index contributed by atoms with van der Waals surface area (Å²) >= 11 is 0. The van der Waals surface area contributed by atoms with Crippen LogP contribution in [0, 0.1) is 11.3 Å². The minimum absolute atomic E-state index is 0.121. The van der Waals surface area contributed by atoms with Gasteiger partial charge in [-0.2, -0.15) is 5.26 Å². The summed E-state index contributed by atoms with van der Waals surface area (Å²) in [5, 5.41) is 15.0. The van der Waals surface area contributed by atoms with Gasteiger partial charge < -0.3 is 15.2 Å². The van der Waals surface area contributed by atoms with Gasteiger partial charge in [-0.1, -0.05) is 0 Å². The Hall–Kier alpha value is -3.49.